The van der Waals surface area contributed by atoms with E-state index in [9.17, 15) is 4.79 Å². The average Bonchev–Trinajstić information content (AvgIpc) is 2.71. The first-order valence-corrected chi connectivity index (χ1v) is 6.82. The van der Waals surface area contributed by atoms with Gasteiger partial charge in [-0.15, -0.1) is 11.6 Å². The van der Waals surface area contributed by atoms with Crippen molar-refractivity contribution in [3.05, 3.63) is 0 Å². The van der Waals surface area contributed by atoms with E-state index in [2.05, 4.69) is 0 Å². The molecule has 0 N–H and O–H groups in total. The maximum atomic E-state index is 11.9. The Labute approximate surface area is 95.4 Å². The third kappa shape index (κ3) is 2.80. The van der Waals surface area contributed by atoms with Gasteiger partial charge in [-0.1, -0.05) is 6.92 Å². The summed E-state index contributed by atoms with van der Waals surface area (Å²) in [6.07, 6.45) is 1.84. The molecule has 0 radical (unpaired) electrons. The minimum Gasteiger partial charge on any atom is -0.338 e. The van der Waals surface area contributed by atoms with Crippen LogP contribution in [0.1, 0.15) is 26.7 Å². The number of hydrogen-bond acceptors (Lipinski definition) is 2. The molecule has 0 saturated carbocycles. The molecule has 4 heteroatoms. The van der Waals surface area contributed by atoms with Crippen molar-refractivity contribution in [3.8, 4) is 0 Å². The van der Waals surface area contributed by atoms with Crippen LogP contribution >= 0.6 is 23.4 Å². The van der Waals surface area contributed by atoms with Crippen LogP contribution in [0, 0.1) is 0 Å². The highest BCUT2D eigenvalue weighted by atomic mass is 35.5. The number of amides is 1. The molecule has 1 saturated heterocycles. The molecule has 2 atom stereocenters. The fraction of sp³-hybridized carbons (Fsp3) is 0.900. The van der Waals surface area contributed by atoms with Crippen molar-refractivity contribution in [2.75, 3.05) is 18.1 Å². The molecule has 0 bridgehead atoms. The first kappa shape index (κ1) is 12.2. The van der Waals surface area contributed by atoms with E-state index in [1.54, 1.807) is 0 Å². The molecule has 0 spiro atoms. The van der Waals surface area contributed by atoms with Gasteiger partial charge in [-0.25, -0.2) is 0 Å². The Bertz CT molecular complexity index is 195. The van der Waals surface area contributed by atoms with Crippen LogP contribution in [0.2, 0.25) is 0 Å². The van der Waals surface area contributed by atoms with E-state index in [0.717, 1.165) is 25.1 Å². The van der Waals surface area contributed by atoms with E-state index in [1.807, 2.05) is 30.5 Å². The molecule has 1 aliphatic heterocycles. The lowest BCUT2D eigenvalue weighted by molar-refractivity contribution is -0.132. The normalized spacial score (nSPS) is 23.5. The van der Waals surface area contributed by atoms with Crippen molar-refractivity contribution in [1.82, 2.24) is 4.90 Å². The van der Waals surface area contributed by atoms with Gasteiger partial charge in [-0.3, -0.25) is 4.79 Å². The number of alkyl halides is 1. The van der Waals surface area contributed by atoms with E-state index in [-0.39, 0.29) is 11.3 Å². The third-order valence-electron chi connectivity index (χ3n) is 2.60. The van der Waals surface area contributed by atoms with Gasteiger partial charge in [0, 0.05) is 18.3 Å². The second-order valence-corrected chi connectivity index (χ2v) is 5.19. The lowest BCUT2D eigenvalue weighted by Crippen LogP contribution is -2.44. The summed E-state index contributed by atoms with van der Waals surface area (Å²) in [6.45, 7) is 4.76. The Balaban J connectivity index is 2.55. The van der Waals surface area contributed by atoms with E-state index >= 15 is 0 Å². The molecule has 82 valence electrons. The predicted octanol–water partition coefficient (Wildman–Crippen LogP) is 2.36. The van der Waals surface area contributed by atoms with Crippen LogP contribution in [-0.2, 0) is 4.79 Å². The maximum Gasteiger partial charge on any atom is 0.240 e. The summed E-state index contributed by atoms with van der Waals surface area (Å²) in [5, 5.41) is -0.333. The van der Waals surface area contributed by atoms with Crippen molar-refractivity contribution >= 4 is 29.3 Å². The molecule has 1 aliphatic rings. The monoisotopic (exact) mass is 235 g/mol. The lowest BCUT2D eigenvalue weighted by atomic mass is 10.2. The second-order valence-electron chi connectivity index (χ2n) is 3.52. The van der Waals surface area contributed by atoms with Gasteiger partial charge in [0.15, 0.2) is 0 Å². The number of carbonyl (C=O) groups excluding carboxylic acids is 1. The summed E-state index contributed by atoms with van der Waals surface area (Å²) in [5.41, 5.74) is 0. The van der Waals surface area contributed by atoms with E-state index < -0.39 is 0 Å². The Morgan fingerprint density at radius 2 is 2.36 bits per heavy atom. The van der Waals surface area contributed by atoms with Crippen LogP contribution < -0.4 is 0 Å². The fourth-order valence-corrected chi connectivity index (χ4v) is 3.07. The summed E-state index contributed by atoms with van der Waals surface area (Å²) in [6, 6.07) is 0.422. The van der Waals surface area contributed by atoms with Crippen LogP contribution in [0.3, 0.4) is 0 Å². The summed E-state index contributed by atoms with van der Waals surface area (Å²) in [5.74, 6) is 2.37. The lowest BCUT2D eigenvalue weighted by Gasteiger charge is -2.28. The van der Waals surface area contributed by atoms with Crippen molar-refractivity contribution in [2.24, 2.45) is 0 Å². The minimum atomic E-state index is -0.333. The van der Waals surface area contributed by atoms with Gasteiger partial charge in [-0.2, -0.15) is 11.8 Å². The standard InChI is InChI=1S/C10H18ClNOS/c1-3-9(11)10(13)12(4-2)8-5-6-14-7-8/h8-9H,3-7H2,1-2H3/t8-,9-/m0/s1. The summed E-state index contributed by atoms with van der Waals surface area (Å²) in [7, 11) is 0. The molecule has 1 amide bonds. The number of hydrogen-bond donors (Lipinski definition) is 0. The van der Waals surface area contributed by atoms with Crippen molar-refractivity contribution in [1.29, 1.82) is 0 Å². The van der Waals surface area contributed by atoms with Crippen LogP contribution in [0.4, 0.5) is 0 Å². The van der Waals surface area contributed by atoms with E-state index in [4.69, 9.17) is 11.6 Å². The molecule has 0 unspecified atom stereocenters. The zero-order chi connectivity index (χ0) is 10.6. The zero-order valence-corrected chi connectivity index (χ0v) is 10.4. The van der Waals surface area contributed by atoms with Gasteiger partial charge < -0.3 is 4.90 Å². The Hall–Kier alpha value is 0.110. The van der Waals surface area contributed by atoms with E-state index in [0.29, 0.717) is 6.04 Å². The zero-order valence-electron chi connectivity index (χ0n) is 8.83. The predicted molar refractivity (Wildman–Crippen MR) is 63.0 cm³/mol. The molecule has 0 aromatic heterocycles. The highest BCUT2D eigenvalue weighted by Crippen LogP contribution is 2.23. The van der Waals surface area contributed by atoms with E-state index in [1.165, 1.54) is 5.75 Å². The van der Waals surface area contributed by atoms with Crippen LogP contribution in [-0.4, -0.2) is 40.3 Å². The Kier molecular flexibility index (Phi) is 5.10. The molecular weight excluding hydrogens is 218 g/mol. The Morgan fingerprint density at radius 1 is 1.64 bits per heavy atom. The fourth-order valence-electron chi connectivity index (χ4n) is 1.72. The third-order valence-corrected chi connectivity index (χ3v) is 4.24. The summed E-state index contributed by atoms with van der Waals surface area (Å²) >= 11 is 7.90. The largest absolute Gasteiger partial charge is 0.338 e. The van der Waals surface area contributed by atoms with Gasteiger partial charge >= 0.3 is 0 Å². The molecule has 0 aromatic rings. The van der Waals surface area contributed by atoms with Gasteiger partial charge in [0.05, 0.1) is 0 Å². The van der Waals surface area contributed by atoms with Crippen LogP contribution in [0.15, 0.2) is 0 Å². The first-order valence-electron chi connectivity index (χ1n) is 5.23. The number of rotatable bonds is 4. The summed E-state index contributed by atoms with van der Waals surface area (Å²) in [4.78, 5) is 13.8. The van der Waals surface area contributed by atoms with Crippen LogP contribution in [0.25, 0.3) is 0 Å². The van der Waals surface area contributed by atoms with Crippen molar-refractivity contribution in [2.45, 2.75) is 38.1 Å². The van der Waals surface area contributed by atoms with Crippen molar-refractivity contribution in [3.63, 3.8) is 0 Å². The number of thioether (sulfide) groups is 1. The molecule has 1 rings (SSSR count). The summed E-state index contributed by atoms with van der Waals surface area (Å²) < 4.78 is 0. The molecule has 0 aromatic carbocycles. The first-order chi connectivity index (χ1) is 6.70. The van der Waals surface area contributed by atoms with Gasteiger partial charge in [0.1, 0.15) is 5.38 Å². The second kappa shape index (κ2) is 5.86. The topological polar surface area (TPSA) is 20.3 Å². The highest BCUT2D eigenvalue weighted by molar-refractivity contribution is 7.99. The molecule has 1 fully saturated rings. The number of halogens is 1. The maximum absolute atomic E-state index is 11.9. The minimum absolute atomic E-state index is 0.115. The quantitative estimate of drug-likeness (QED) is 0.698. The average molecular weight is 236 g/mol. The molecular formula is C10H18ClNOS. The highest BCUT2D eigenvalue weighted by Gasteiger charge is 2.28. The molecule has 14 heavy (non-hydrogen) atoms. The van der Waals surface area contributed by atoms with Gasteiger partial charge in [-0.05, 0) is 25.5 Å². The van der Waals surface area contributed by atoms with Crippen molar-refractivity contribution < 1.29 is 4.79 Å². The molecule has 2 nitrogen and oxygen atoms in total. The van der Waals surface area contributed by atoms with Gasteiger partial charge in [0.2, 0.25) is 5.91 Å². The number of nitrogens with zero attached hydrogens (tertiary/aromatic N) is 1. The molecule has 0 aliphatic carbocycles. The Morgan fingerprint density at radius 3 is 2.79 bits per heavy atom. The molecule has 1 heterocycles. The SMILES string of the molecule is CC[C@H](Cl)C(=O)N(CC)[C@H]1CCSC1. The number of carbonyl (C=O) groups is 1. The smallest absolute Gasteiger partial charge is 0.240 e. The van der Waals surface area contributed by atoms with Crippen LogP contribution in [0.5, 0.6) is 0 Å². The van der Waals surface area contributed by atoms with Gasteiger partial charge in [0.25, 0.3) is 0 Å².